The van der Waals surface area contributed by atoms with E-state index in [9.17, 15) is 9.59 Å². The number of hydrogen-bond donors (Lipinski definition) is 2. The Morgan fingerprint density at radius 3 is 2.83 bits per heavy atom. The van der Waals surface area contributed by atoms with E-state index in [0.717, 1.165) is 5.56 Å². The molecule has 0 atom stereocenters. The summed E-state index contributed by atoms with van der Waals surface area (Å²) in [7, 11) is 1.49. The van der Waals surface area contributed by atoms with Gasteiger partial charge in [-0.25, -0.2) is 0 Å². The van der Waals surface area contributed by atoms with Crippen molar-refractivity contribution in [2.24, 2.45) is 5.73 Å². The van der Waals surface area contributed by atoms with Crippen LogP contribution in [-0.2, 0) is 9.59 Å². The van der Waals surface area contributed by atoms with Crippen LogP contribution >= 0.6 is 0 Å². The fourth-order valence-electron chi connectivity index (χ4n) is 1.83. The zero-order chi connectivity index (χ0) is 17.2. The zero-order valence-corrected chi connectivity index (χ0v) is 13.2. The summed E-state index contributed by atoms with van der Waals surface area (Å²) < 4.78 is 5.17. The second-order valence-electron chi connectivity index (χ2n) is 4.80. The van der Waals surface area contributed by atoms with E-state index in [1.807, 2.05) is 13.0 Å². The standard InChI is InChI=1S/C16H20N4O3/c1-12-4-5-15(23-2)14(8-12)19-16(22)13(9-18)10-20(11-21)7-3-6-17/h4-5,8,10-11H,3,6-7,17H2,1-2H3,(H,19,22)/b13-10-. The molecule has 1 rings (SSSR count). The molecule has 7 nitrogen and oxygen atoms in total. The van der Waals surface area contributed by atoms with E-state index < -0.39 is 5.91 Å². The number of hydrogen-bond acceptors (Lipinski definition) is 5. The maximum absolute atomic E-state index is 12.2. The largest absolute Gasteiger partial charge is 0.495 e. The lowest BCUT2D eigenvalue weighted by atomic mass is 10.2. The van der Waals surface area contributed by atoms with Gasteiger partial charge in [0.25, 0.3) is 5.91 Å². The van der Waals surface area contributed by atoms with E-state index in [-0.39, 0.29) is 5.57 Å². The molecule has 23 heavy (non-hydrogen) atoms. The molecule has 0 aliphatic carbocycles. The number of amides is 2. The van der Waals surface area contributed by atoms with Gasteiger partial charge in [-0.1, -0.05) is 6.07 Å². The van der Waals surface area contributed by atoms with Crippen LogP contribution in [0.3, 0.4) is 0 Å². The summed E-state index contributed by atoms with van der Waals surface area (Å²) >= 11 is 0. The van der Waals surface area contributed by atoms with Gasteiger partial charge in [0.15, 0.2) is 0 Å². The Labute approximate surface area is 135 Å². The third-order valence-corrected chi connectivity index (χ3v) is 3.02. The van der Waals surface area contributed by atoms with Crippen molar-refractivity contribution in [1.29, 1.82) is 5.26 Å². The Morgan fingerprint density at radius 2 is 2.26 bits per heavy atom. The van der Waals surface area contributed by atoms with Crippen molar-refractivity contribution in [3.63, 3.8) is 0 Å². The van der Waals surface area contributed by atoms with Crippen molar-refractivity contribution in [3.8, 4) is 11.8 Å². The van der Waals surface area contributed by atoms with E-state index in [0.29, 0.717) is 37.4 Å². The molecule has 0 bridgehead atoms. The Hall–Kier alpha value is -2.85. The van der Waals surface area contributed by atoms with Crippen LogP contribution in [0.4, 0.5) is 5.69 Å². The van der Waals surface area contributed by atoms with Gasteiger partial charge in [0.1, 0.15) is 17.4 Å². The summed E-state index contributed by atoms with van der Waals surface area (Å²) in [5.74, 6) is -0.132. The predicted octanol–water partition coefficient (Wildman–Crippen LogP) is 1.16. The van der Waals surface area contributed by atoms with Crippen molar-refractivity contribution < 1.29 is 14.3 Å². The van der Waals surface area contributed by atoms with Gasteiger partial charge >= 0.3 is 0 Å². The van der Waals surface area contributed by atoms with Crippen molar-refractivity contribution in [2.75, 3.05) is 25.5 Å². The SMILES string of the molecule is COc1ccc(C)cc1NC(=O)/C(C#N)=C\N(C=O)CCCN. The number of nitrogens with two attached hydrogens (primary N) is 1. The molecule has 122 valence electrons. The number of benzene rings is 1. The molecule has 2 amide bonds. The maximum atomic E-state index is 12.2. The zero-order valence-electron chi connectivity index (χ0n) is 13.2. The van der Waals surface area contributed by atoms with Crippen LogP contribution in [0.1, 0.15) is 12.0 Å². The first-order valence-electron chi connectivity index (χ1n) is 7.04. The molecule has 0 aromatic heterocycles. The van der Waals surface area contributed by atoms with Gasteiger partial charge in [0, 0.05) is 12.7 Å². The number of methoxy groups -OCH3 is 1. The fraction of sp³-hybridized carbons (Fsp3) is 0.312. The number of anilines is 1. The molecule has 0 saturated carbocycles. The lowest BCUT2D eigenvalue weighted by Gasteiger charge is -2.13. The Kier molecular flexibility index (Phi) is 7.30. The smallest absolute Gasteiger partial charge is 0.267 e. The summed E-state index contributed by atoms with van der Waals surface area (Å²) in [5.41, 5.74) is 6.59. The molecular formula is C16H20N4O3. The first-order chi connectivity index (χ1) is 11.0. The monoisotopic (exact) mass is 316 g/mol. The molecule has 0 aliphatic heterocycles. The predicted molar refractivity (Wildman–Crippen MR) is 86.5 cm³/mol. The summed E-state index contributed by atoms with van der Waals surface area (Å²) in [6, 6.07) is 7.09. The number of nitrogens with zero attached hydrogens (tertiary/aromatic N) is 2. The minimum atomic E-state index is -0.615. The first-order valence-corrected chi connectivity index (χ1v) is 7.04. The summed E-state index contributed by atoms with van der Waals surface area (Å²) in [5, 5.41) is 11.8. The summed E-state index contributed by atoms with van der Waals surface area (Å²) in [4.78, 5) is 24.4. The number of ether oxygens (including phenoxy) is 1. The molecule has 0 fully saturated rings. The molecule has 0 spiro atoms. The van der Waals surface area contributed by atoms with Gasteiger partial charge in [-0.15, -0.1) is 0 Å². The Morgan fingerprint density at radius 1 is 1.52 bits per heavy atom. The number of nitrogens with one attached hydrogen (secondary N) is 1. The van der Waals surface area contributed by atoms with Crippen molar-refractivity contribution >= 4 is 18.0 Å². The van der Waals surface area contributed by atoms with Gasteiger partial charge in [-0.2, -0.15) is 5.26 Å². The minimum absolute atomic E-state index is 0.183. The van der Waals surface area contributed by atoms with Crippen molar-refractivity contribution in [1.82, 2.24) is 4.90 Å². The molecule has 0 radical (unpaired) electrons. The van der Waals surface area contributed by atoms with E-state index in [2.05, 4.69) is 5.32 Å². The topological polar surface area (TPSA) is 108 Å². The second kappa shape index (κ2) is 9.23. The van der Waals surface area contributed by atoms with Crippen LogP contribution in [0.15, 0.2) is 30.0 Å². The van der Waals surface area contributed by atoms with Crippen LogP contribution in [-0.4, -0.2) is 37.4 Å². The van der Waals surface area contributed by atoms with Gasteiger partial charge in [-0.3, -0.25) is 9.59 Å². The molecule has 3 N–H and O–H groups in total. The van der Waals surface area contributed by atoms with E-state index in [1.54, 1.807) is 18.2 Å². The number of aryl methyl sites for hydroxylation is 1. The number of carbonyl (C=O) groups is 2. The highest BCUT2D eigenvalue weighted by atomic mass is 16.5. The highest BCUT2D eigenvalue weighted by molar-refractivity contribution is 6.07. The lowest BCUT2D eigenvalue weighted by molar-refractivity contribution is -0.116. The molecule has 0 unspecified atom stereocenters. The quantitative estimate of drug-likeness (QED) is 0.425. The third kappa shape index (κ3) is 5.45. The normalized spacial score (nSPS) is 10.6. The van der Waals surface area contributed by atoms with E-state index in [4.69, 9.17) is 15.7 Å². The van der Waals surface area contributed by atoms with E-state index >= 15 is 0 Å². The van der Waals surface area contributed by atoms with Crippen molar-refractivity contribution in [2.45, 2.75) is 13.3 Å². The lowest BCUT2D eigenvalue weighted by Crippen LogP contribution is -2.22. The summed E-state index contributed by atoms with van der Waals surface area (Å²) in [6.07, 6.45) is 2.33. The van der Waals surface area contributed by atoms with Gasteiger partial charge in [-0.05, 0) is 37.6 Å². The second-order valence-corrected chi connectivity index (χ2v) is 4.80. The van der Waals surface area contributed by atoms with Crippen LogP contribution < -0.4 is 15.8 Å². The Bertz CT molecular complexity index is 635. The average Bonchev–Trinajstić information content (AvgIpc) is 2.55. The molecule has 7 heteroatoms. The molecule has 1 aromatic carbocycles. The fourth-order valence-corrected chi connectivity index (χ4v) is 1.83. The summed E-state index contributed by atoms with van der Waals surface area (Å²) in [6.45, 7) is 2.62. The molecule has 0 saturated heterocycles. The van der Waals surface area contributed by atoms with Crippen LogP contribution in [0.5, 0.6) is 5.75 Å². The van der Waals surface area contributed by atoms with Crippen molar-refractivity contribution in [3.05, 3.63) is 35.5 Å². The molecular weight excluding hydrogens is 296 g/mol. The number of rotatable bonds is 8. The van der Waals surface area contributed by atoms with Gasteiger partial charge in [0.05, 0.1) is 12.8 Å². The molecule has 0 heterocycles. The highest BCUT2D eigenvalue weighted by Crippen LogP contribution is 2.25. The third-order valence-electron chi connectivity index (χ3n) is 3.02. The van der Waals surface area contributed by atoms with Crippen LogP contribution in [0.2, 0.25) is 0 Å². The van der Waals surface area contributed by atoms with Crippen LogP contribution in [0, 0.1) is 18.3 Å². The maximum Gasteiger partial charge on any atom is 0.267 e. The Balaban J connectivity index is 2.95. The highest BCUT2D eigenvalue weighted by Gasteiger charge is 2.14. The number of carbonyl (C=O) groups excluding carboxylic acids is 2. The van der Waals surface area contributed by atoms with Crippen LogP contribution in [0.25, 0.3) is 0 Å². The van der Waals surface area contributed by atoms with Gasteiger partial charge < -0.3 is 20.7 Å². The average molecular weight is 316 g/mol. The first kappa shape index (κ1) is 18.2. The molecule has 0 aliphatic rings. The molecule has 1 aromatic rings. The number of nitriles is 1. The van der Waals surface area contributed by atoms with Gasteiger partial charge in [0.2, 0.25) is 6.41 Å². The minimum Gasteiger partial charge on any atom is -0.495 e. The van der Waals surface area contributed by atoms with E-state index in [1.165, 1.54) is 18.2 Å².